The molecule has 2 aromatic rings. The van der Waals surface area contributed by atoms with E-state index >= 15 is 0 Å². The summed E-state index contributed by atoms with van der Waals surface area (Å²) in [6.07, 6.45) is 0. The van der Waals surface area contributed by atoms with Gasteiger partial charge in [-0.05, 0) is 29.8 Å². The van der Waals surface area contributed by atoms with Gasteiger partial charge in [-0.2, -0.15) is 0 Å². The van der Waals surface area contributed by atoms with Gasteiger partial charge in [-0.1, -0.05) is 35.3 Å². The molecular weight excluding hydrogens is 279 g/mol. The average molecular weight is 288 g/mol. The van der Waals surface area contributed by atoms with E-state index in [0.717, 1.165) is 12.1 Å². The Morgan fingerprint density at radius 2 is 1.56 bits per heavy atom. The van der Waals surface area contributed by atoms with Crippen LogP contribution in [0.4, 0.5) is 8.78 Å². The third-order valence-corrected chi connectivity index (χ3v) is 3.27. The van der Waals surface area contributed by atoms with Crippen LogP contribution in [-0.4, -0.2) is 0 Å². The number of halogens is 4. The molecule has 0 heterocycles. The van der Waals surface area contributed by atoms with Crippen LogP contribution >= 0.6 is 23.2 Å². The molecule has 0 saturated heterocycles. The van der Waals surface area contributed by atoms with Crippen LogP contribution in [0.15, 0.2) is 36.4 Å². The molecule has 0 bridgehead atoms. The number of hydrogen-bond acceptors (Lipinski definition) is 1. The highest BCUT2D eigenvalue weighted by Gasteiger charge is 2.17. The van der Waals surface area contributed by atoms with Gasteiger partial charge < -0.3 is 5.73 Å². The van der Waals surface area contributed by atoms with E-state index in [9.17, 15) is 8.78 Å². The third-order valence-electron chi connectivity index (χ3n) is 2.61. The molecule has 0 aliphatic carbocycles. The number of rotatable bonds is 2. The van der Waals surface area contributed by atoms with E-state index in [4.69, 9.17) is 28.9 Å². The fourth-order valence-electron chi connectivity index (χ4n) is 1.68. The summed E-state index contributed by atoms with van der Waals surface area (Å²) in [7, 11) is 0. The zero-order valence-electron chi connectivity index (χ0n) is 9.13. The molecule has 0 aliphatic rings. The molecule has 0 spiro atoms. The van der Waals surface area contributed by atoms with Crippen molar-refractivity contribution in [3.8, 4) is 0 Å². The maximum atomic E-state index is 13.2. The lowest BCUT2D eigenvalue weighted by Crippen LogP contribution is -2.13. The smallest absolute Gasteiger partial charge is 0.159 e. The van der Waals surface area contributed by atoms with E-state index in [-0.39, 0.29) is 0 Å². The van der Waals surface area contributed by atoms with Gasteiger partial charge >= 0.3 is 0 Å². The summed E-state index contributed by atoms with van der Waals surface area (Å²) in [5, 5.41) is 0.777. The standard InChI is InChI=1S/C13H9Cl2F2N/c14-8-2-1-3-9(15)12(8)13(18)7-4-5-10(16)11(17)6-7/h1-6,13H,18H2. The predicted molar refractivity (Wildman–Crippen MR) is 68.9 cm³/mol. The maximum absolute atomic E-state index is 13.2. The normalized spacial score (nSPS) is 12.5. The third kappa shape index (κ3) is 2.48. The topological polar surface area (TPSA) is 26.0 Å². The SMILES string of the molecule is NC(c1ccc(F)c(F)c1)c1c(Cl)cccc1Cl. The second kappa shape index (κ2) is 5.22. The molecule has 0 aromatic heterocycles. The minimum atomic E-state index is -0.953. The van der Waals surface area contributed by atoms with E-state index < -0.39 is 17.7 Å². The predicted octanol–water partition coefficient (Wildman–Crippen LogP) is 4.32. The average Bonchev–Trinajstić information content (AvgIpc) is 2.32. The monoisotopic (exact) mass is 287 g/mol. The van der Waals surface area contributed by atoms with Crippen molar-refractivity contribution in [2.75, 3.05) is 0 Å². The first-order valence-electron chi connectivity index (χ1n) is 5.15. The lowest BCUT2D eigenvalue weighted by molar-refractivity contribution is 0.506. The zero-order chi connectivity index (χ0) is 13.3. The molecule has 1 nitrogen and oxygen atoms in total. The van der Waals surface area contributed by atoms with Crippen molar-refractivity contribution >= 4 is 23.2 Å². The van der Waals surface area contributed by atoms with Crippen molar-refractivity contribution in [1.29, 1.82) is 0 Å². The molecule has 5 heteroatoms. The molecular formula is C13H9Cl2F2N. The van der Waals surface area contributed by atoms with Crippen molar-refractivity contribution in [1.82, 2.24) is 0 Å². The molecule has 18 heavy (non-hydrogen) atoms. The van der Waals surface area contributed by atoms with Gasteiger partial charge in [0.1, 0.15) is 0 Å². The number of hydrogen-bond donors (Lipinski definition) is 1. The summed E-state index contributed by atoms with van der Waals surface area (Å²) in [4.78, 5) is 0. The van der Waals surface area contributed by atoms with Crippen LogP contribution in [-0.2, 0) is 0 Å². The Kier molecular flexibility index (Phi) is 3.85. The quantitative estimate of drug-likeness (QED) is 0.875. The van der Waals surface area contributed by atoms with Gasteiger partial charge in [0.05, 0.1) is 6.04 Å². The van der Waals surface area contributed by atoms with E-state index in [2.05, 4.69) is 0 Å². The minimum Gasteiger partial charge on any atom is -0.320 e. The molecule has 0 aliphatic heterocycles. The summed E-state index contributed by atoms with van der Waals surface area (Å²) in [5.41, 5.74) is 6.88. The van der Waals surface area contributed by atoms with Gasteiger partial charge in [0.15, 0.2) is 11.6 Å². The van der Waals surface area contributed by atoms with Gasteiger partial charge in [-0.15, -0.1) is 0 Å². The molecule has 94 valence electrons. The first kappa shape index (κ1) is 13.3. The van der Waals surface area contributed by atoms with Crippen LogP contribution in [0.25, 0.3) is 0 Å². The van der Waals surface area contributed by atoms with Crippen LogP contribution < -0.4 is 5.73 Å². The summed E-state index contributed by atoms with van der Waals surface area (Å²) >= 11 is 12.0. The van der Waals surface area contributed by atoms with Gasteiger partial charge in [-0.25, -0.2) is 8.78 Å². The van der Waals surface area contributed by atoms with Crippen molar-refractivity contribution in [2.24, 2.45) is 5.73 Å². The molecule has 0 saturated carbocycles. The van der Waals surface area contributed by atoms with E-state index in [0.29, 0.717) is 21.2 Å². The highest BCUT2D eigenvalue weighted by Crippen LogP contribution is 2.32. The Labute approximate surface area is 113 Å². The summed E-state index contributed by atoms with van der Waals surface area (Å²) in [6.45, 7) is 0. The lowest BCUT2D eigenvalue weighted by Gasteiger charge is -2.16. The Morgan fingerprint density at radius 1 is 0.944 bits per heavy atom. The highest BCUT2D eigenvalue weighted by molar-refractivity contribution is 6.36. The Morgan fingerprint density at radius 3 is 2.11 bits per heavy atom. The number of nitrogens with two attached hydrogens (primary N) is 1. The molecule has 0 radical (unpaired) electrons. The molecule has 2 rings (SSSR count). The second-order valence-corrected chi connectivity index (χ2v) is 4.60. The van der Waals surface area contributed by atoms with Crippen molar-refractivity contribution < 1.29 is 8.78 Å². The molecule has 2 N–H and O–H groups in total. The van der Waals surface area contributed by atoms with Crippen LogP contribution in [0, 0.1) is 11.6 Å². The Hall–Kier alpha value is -1.16. The molecule has 2 aromatic carbocycles. The molecule has 0 fully saturated rings. The highest BCUT2D eigenvalue weighted by atomic mass is 35.5. The zero-order valence-corrected chi connectivity index (χ0v) is 10.6. The van der Waals surface area contributed by atoms with E-state index in [1.54, 1.807) is 18.2 Å². The van der Waals surface area contributed by atoms with Crippen molar-refractivity contribution in [3.05, 3.63) is 69.2 Å². The number of benzene rings is 2. The van der Waals surface area contributed by atoms with Crippen molar-refractivity contribution in [2.45, 2.75) is 6.04 Å². The molecule has 1 atom stereocenters. The van der Waals surface area contributed by atoms with Crippen LogP contribution in [0.1, 0.15) is 17.2 Å². The Bertz CT molecular complexity index is 567. The summed E-state index contributed by atoms with van der Waals surface area (Å²) in [6, 6.07) is 7.73. The fraction of sp³-hybridized carbons (Fsp3) is 0.0769. The van der Waals surface area contributed by atoms with E-state index in [1.165, 1.54) is 6.07 Å². The van der Waals surface area contributed by atoms with Crippen LogP contribution in [0.5, 0.6) is 0 Å². The lowest BCUT2D eigenvalue weighted by atomic mass is 9.99. The molecule has 1 unspecified atom stereocenters. The first-order chi connectivity index (χ1) is 8.50. The largest absolute Gasteiger partial charge is 0.320 e. The van der Waals surface area contributed by atoms with Crippen molar-refractivity contribution in [3.63, 3.8) is 0 Å². The summed E-state index contributed by atoms with van der Waals surface area (Å²) < 4.78 is 26.0. The van der Waals surface area contributed by atoms with E-state index in [1.807, 2.05) is 0 Å². The first-order valence-corrected chi connectivity index (χ1v) is 5.90. The van der Waals surface area contributed by atoms with Gasteiger partial charge in [0.2, 0.25) is 0 Å². The van der Waals surface area contributed by atoms with Gasteiger partial charge in [0.25, 0.3) is 0 Å². The van der Waals surface area contributed by atoms with Crippen LogP contribution in [0.2, 0.25) is 10.0 Å². The fourth-order valence-corrected chi connectivity index (χ4v) is 2.31. The minimum absolute atomic E-state index is 0.389. The Balaban J connectivity index is 2.48. The van der Waals surface area contributed by atoms with Crippen LogP contribution in [0.3, 0.4) is 0 Å². The van der Waals surface area contributed by atoms with Gasteiger partial charge in [0, 0.05) is 15.6 Å². The second-order valence-electron chi connectivity index (χ2n) is 3.79. The maximum Gasteiger partial charge on any atom is 0.159 e. The molecule has 0 amide bonds. The summed E-state index contributed by atoms with van der Waals surface area (Å²) in [5.74, 6) is -1.87. The van der Waals surface area contributed by atoms with Gasteiger partial charge in [-0.3, -0.25) is 0 Å².